The number of H-pyrrole nitrogens is 1. The number of aromatic nitrogens is 2. The van der Waals surface area contributed by atoms with Gasteiger partial charge in [-0.15, -0.1) is 0 Å². The largest absolute Gasteiger partial charge is 0.507 e. The predicted octanol–water partition coefficient (Wildman–Crippen LogP) is 3.59. The summed E-state index contributed by atoms with van der Waals surface area (Å²) >= 11 is 6.04. The number of aliphatic hydroxyl groups is 1. The molecule has 0 saturated heterocycles. The van der Waals surface area contributed by atoms with Gasteiger partial charge in [0.1, 0.15) is 17.1 Å². The Morgan fingerprint density at radius 1 is 1.21 bits per heavy atom. The molecule has 0 radical (unpaired) electrons. The van der Waals surface area contributed by atoms with Gasteiger partial charge in [-0.1, -0.05) is 29.8 Å². The predicted molar refractivity (Wildman–Crippen MR) is 107 cm³/mol. The zero-order chi connectivity index (χ0) is 20.0. The molecule has 0 aliphatic carbocycles. The van der Waals surface area contributed by atoms with Gasteiger partial charge >= 0.3 is 0 Å². The maximum atomic E-state index is 13.0. The smallest absolute Gasteiger partial charge is 0.273 e. The number of β-amino-alcohol motifs (C(OH)–C–C–N with tert-alkyl or cyclic N) is 1. The van der Waals surface area contributed by atoms with Crippen LogP contribution in [0.2, 0.25) is 5.02 Å². The van der Waals surface area contributed by atoms with E-state index in [1.54, 1.807) is 23.1 Å². The number of aryl methyl sites for hydroxylation is 2. The molecule has 0 bridgehead atoms. The Labute approximate surface area is 167 Å². The highest BCUT2D eigenvalue weighted by Gasteiger charge is 2.42. The van der Waals surface area contributed by atoms with Crippen molar-refractivity contribution in [2.75, 3.05) is 13.2 Å². The van der Waals surface area contributed by atoms with Crippen molar-refractivity contribution < 1.29 is 15.0 Å². The second-order valence-electron chi connectivity index (χ2n) is 7.01. The summed E-state index contributed by atoms with van der Waals surface area (Å²) in [5.74, 6) is -0.110. The van der Waals surface area contributed by atoms with E-state index in [0.29, 0.717) is 27.5 Å². The lowest BCUT2D eigenvalue weighted by atomic mass is 9.93. The Bertz CT molecular complexity index is 1040. The molecule has 2 heterocycles. The highest BCUT2D eigenvalue weighted by molar-refractivity contribution is 6.30. The van der Waals surface area contributed by atoms with Gasteiger partial charge in [0.05, 0.1) is 12.6 Å². The molecule has 28 heavy (non-hydrogen) atoms. The Hall–Kier alpha value is -2.83. The fraction of sp³-hybridized carbons (Fsp3) is 0.238. The molecule has 1 atom stereocenters. The zero-order valence-electron chi connectivity index (χ0n) is 15.5. The van der Waals surface area contributed by atoms with Gasteiger partial charge in [0, 0.05) is 22.7 Å². The van der Waals surface area contributed by atoms with E-state index in [2.05, 4.69) is 10.2 Å². The molecule has 1 amide bonds. The van der Waals surface area contributed by atoms with Crippen LogP contribution < -0.4 is 0 Å². The number of carbonyl (C=O) groups excluding carboxylic acids is 1. The number of fused-ring (bicyclic) bond motifs is 1. The van der Waals surface area contributed by atoms with Crippen molar-refractivity contribution in [3.05, 3.63) is 69.4 Å². The number of phenolic OH excluding ortho intramolecular Hbond substituents is 1. The Morgan fingerprint density at radius 2 is 1.93 bits per heavy atom. The van der Waals surface area contributed by atoms with Crippen LogP contribution in [-0.2, 0) is 0 Å². The molecule has 0 fully saturated rings. The summed E-state index contributed by atoms with van der Waals surface area (Å²) in [5.41, 5.74) is 4.88. The Kier molecular flexibility index (Phi) is 4.61. The van der Waals surface area contributed by atoms with Crippen molar-refractivity contribution in [2.24, 2.45) is 0 Å². The number of hydrogen-bond donors (Lipinski definition) is 3. The summed E-state index contributed by atoms with van der Waals surface area (Å²) in [7, 11) is 0. The lowest BCUT2D eigenvalue weighted by molar-refractivity contribution is 0.0706. The number of hydrogen-bond acceptors (Lipinski definition) is 4. The molecule has 1 aromatic heterocycles. The van der Waals surface area contributed by atoms with Crippen LogP contribution in [-0.4, -0.2) is 44.4 Å². The topological polar surface area (TPSA) is 89.5 Å². The number of amides is 1. The second-order valence-corrected chi connectivity index (χ2v) is 7.45. The van der Waals surface area contributed by atoms with E-state index in [9.17, 15) is 15.0 Å². The quantitative estimate of drug-likeness (QED) is 0.627. The number of aliphatic hydroxyl groups excluding tert-OH is 1. The molecule has 3 N–H and O–H groups in total. The fourth-order valence-corrected chi connectivity index (χ4v) is 4.10. The third-order valence-corrected chi connectivity index (χ3v) is 5.34. The number of phenols is 1. The van der Waals surface area contributed by atoms with Crippen molar-refractivity contribution in [1.82, 2.24) is 15.1 Å². The van der Waals surface area contributed by atoms with Gasteiger partial charge in [0.2, 0.25) is 0 Å². The van der Waals surface area contributed by atoms with Gasteiger partial charge in [-0.2, -0.15) is 5.10 Å². The summed E-state index contributed by atoms with van der Waals surface area (Å²) in [6, 6.07) is 10.5. The summed E-state index contributed by atoms with van der Waals surface area (Å²) in [5, 5.41) is 27.9. The summed E-state index contributed by atoms with van der Waals surface area (Å²) in [6.45, 7) is 3.85. The molecule has 1 aliphatic heterocycles. The molecule has 3 aromatic rings. The average molecular weight is 398 g/mol. The molecule has 4 rings (SSSR count). The monoisotopic (exact) mass is 397 g/mol. The van der Waals surface area contributed by atoms with Crippen LogP contribution >= 0.6 is 11.6 Å². The van der Waals surface area contributed by atoms with Crippen molar-refractivity contribution in [3.63, 3.8) is 0 Å². The van der Waals surface area contributed by atoms with E-state index in [4.69, 9.17) is 11.6 Å². The minimum absolute atomic E-state index is 0.120. The highest BCUT2D eigenvalue weighted by atomic mass is 35.5. The zero-order valence-corrected chi connectivity index (χ0v) is 16.3. The number of aromatic amines is 1. The van der Waals surface area contributed by atoms with E-state index < -0.39 is 6.04 Å². The molecule has 7 heteroatoms. The molecular formula is C21H20ClN3O3. The molecule has 144 valence electrons. The molecule has 6 nitrogen and oxygen atoms in total. The minimum atomic E-state index is -0.430. The Balaban J connectivity index is 1.94. The van der Waals surface area contributed by atoms with E-state index in [1.165, 1.54) is 0 Å². The van der Waals surface area contributed by atoms with Crippen LogP contribution in [0.15, 0.2) is 36.4 Å². The van der Waals surface area contributed by atoms with Crippen LogP contribution in [0.25, 0.3) is 11.3 Å². The maximum Gasteiger partial charge on any atom is 0.273 e. The standard InChI is InChI=1S/C21H20ClN3O3/c1-11-9-12(2)16(15(27)10-11)18-17-19(24-23-18)21(28)25(7-8-26)20(17)13-3-5-14(22)6-4-13/h3-6,9-10,20,26-27H,7-8H2,1-2H3,(H,23,24)/t20-/m1/s1. The van der Waals surface area contributed by atoms with Crippen LogP contribution in [0.5, 0.6) is 5.75 Å². The summed E-state index contributed by atoms with van der Waals surface area (Å²) in [6.07, 6.45) is 0. The number of aromatic hydroxyl groups is 1. The number of nitrogens with zero attached hydrogens (tertiary/aromatic N) is 2. The molecule has 1 aliphatic rings. The van der Waals surface area contributed by atoms with Crippen LogP contribution in [0.4, 0.5) is 0 Å². The molecule has 0 saturated carbocycles. The van der Waals surface area contributed by atoms with Gasteiger partial charge in [0.25, 0.3) is 5.91 Å². The van der Waals surface area contributed by atoms with Crippen molar-refractivity contribution in [2.45, 2.75) is 19.9 Å². The number of halogens is 1. The first-order valence-electron chi connectivity index (χ1n) is 8.98. The number of benzene rings is 2. The molecule has 0 spiro atoms. The SMILES string of the molecule is Cc1cc(C)c(-c2n[nH]c3c2[C@@H](c2ccc(Cl)cc2)N(CCO)C3=O)c(O)c1. The molecule has 2 aromatic carbocycles. The third kappa shape index (κ3) is 2.85. The first-order valence-corrected chi connectivity index (χ1v) is 9.36. The van der Waals surface area contributed by atoms with Crippen molar-refractivity contribution in [1.29, 1.82) is 0 Å². The van der Waals surface area contributed by atoms with Crippen LogP contribution in [0.3, 0.4) is 0 Å². The summed E-state index contributed by atoms with van der Waals surface area (Å²) < 4.78 is 0. The van der Waals surface area contributed by atoms with Crippen molar-refractivity contribution in [3.8, 4) is 17.0 Å². The fourth-order valence-electron chi connectivity index (χ4n) is 3.97. The van der Waals surface area contributed by atoms with Crippen LogP contribution in [0, 0.1) is 13.8 Å². The van der Waals surface area contributed by atoms with Crippen molar-refractivity contribution >= 4 is 17.5 Å². The van der Waals surface area contributed by atoms with Crippen LogP contribution in [0.1, 0.15) is 38.8 Å². The van der Waals surface area contributed by atoms with Gasteiger partial charge in [-0.05, 0) is 48.7 Å². The minimum Gasteiger partial charge on any atom is -0.507 e. The van der Waals surface area contributed by atoms with E-state index in [0.717, 1.165) is 16.7 Å². The lowest BCUT2D eigenvalue weighted by Crippen LogP contribution is -2.32. The van der Waals surface area contributed by atoms with Gasteiger partial charge in [0.15, 0.2) is 0 Å². The molecular weight excluding hydrogens is 378 g/mol. The van der Waals surface area contributed by atoms with E-state index >= 15 is 0 Å². The number of nitrogens with one attached hydrogen (secondary N) is 1. The maximum absolute atomic E-state index is 13.0. The molecule has 0 unspecified atom stereocenters. The number of rotatable bonds is 4. The second kappa shape index (κ2) is 6.96. The third-order valence-electron chi connectivity index (χ3n) is 5.09. The number of carbonyl (C=O) groups is 1. The van der Waals surface area contributed by atoms with E-state index in [1.807, 2.05) is 32.0 Å². The lowest BCUT2D eigenvalue weighted by Gasteiger charge is -2.26. The Morgan fingerprint density at radius 3 is 2.57 bits per heavy atom. The highest BCUT2D eigenvalue weighted by Crippen LogP contribution is 2.45. The first-order chi connectivity index (χ1) is 13.4. The average Bonchev–Trinajstić information content (AvgIpc) is 3.16. The van der Waals surface area contributed by atoms with Gasteiger partial charge in [-0.3, -0.25) is 9.89 Å². The normalized spacial score (nSPS) is 15.9. The van der Waals surface area contributed by atoms with Gasteiger partial charge < -0.3 is 15.1 Å². The van der Waals surface area contributed by atoms with E-state index in [-0.39, 0.29) is 24.8 Å². The summed E-state index contributed by atoms with van der Waals surface area (Å²) in [4.78, 5) is 14.6. The first kappa shape index (κ1) is 18.5. The van der Waals surface area contributed by atoms with Gasteiger partial charge in [-0.25, -0.2) is 0 Å².